The number of benzene rings is 1. The Morgan fingerprint density at radius 1 is 1.25 bits per heavy atom. The Hall–Kier alpha value is -1.56. The first kappa shape index (κ1) is 16.5. The van der Waals surface area contributed by atoms with Crippen LogP contribution in [0.3, 0.4) is 0 Å². The Morgan fingerprint density at radius 3 is 2.25 bits per heavy atom. The van der Waals surface area contributed by atoms with Crippen LogP contribution in [0.1, 0.15) is 36.7 Å². The summed E-state index contributed by atoms with van der Waals surface area (Å²) in [6.07, 6.45) is 1.13. The summed E-state index contributed by atoms with van der Waals surface area (Å²) < 4.78 is 24.4. The molecule has 0 spiro atoms. The number of nitrogens with zero attached hydrogens (tertiary/aromatic N) is 1. The molecule has 0 saturated heterocycles. The minimum absolute atomic E-state index is 0.222. The number of aryl methyl sites for hydroxylation is 1. The van der Waals surface area contributed by atoms with Gasteiger partial charge in [-0.1, -0.05) is 6.07 Å². The van der Waals surface area contributed by atoms with Crippen molar-refractivity contribution in [2.24, 2.45) is 0 Å². The molecule has 0 unspecified atom stereocenters. The maximum Gasteiger partial charge on any atom is 0.251 e. The van der Waals surface area contributed by atoms with Gasteiger partial charge in [0.25, 0.3) is 5.91 Å². The second-order valence-corrected chi connectivity index (χ2v) is 7.95. The van der Waals surface area contributed by atoms with Crippen molar-refractivity contribution in [2.45, 2.75) is 33.2 Å². The van der Waals surface area contributed by atoms with Gasteiger partial charge in [0.2, 0.25) is 10.0 Å². The Labute approximate surface area is 121 Å². The SMILES string of the molecule is Cc1ccc(C(=O)NC(C)(C)C)cc1N(C)S(C)(=O)=O. The highest BCUT2D eigenvalue weighted by Gasteiger charge is 2.19. The lowest BCUT2D eigenvalue weighted by Crippen LogP contribution is -2.40. The van der Waals surface area contributed by atoms with Crippen LogP contribution in [0.4, 0.5) is 5.69 Å². The third-order valence-corrected chi connectivity index (χ3v) is 3.99. The van der Waals surface area contributed by atoms with E-state index < -0.39 is 10.0 Å². The summed E-state index contributed by atoms with van der Waals surface area (Å²) in [7, 11) is -1.88. The molecule has 1 rings (SSSR count). The van der Waals surface area contributed by atoms with Crippen LogP contribution in [0.15, 0.2) is 18.2 Å². The molecule has 112 valence electrons. The normalized spacial score (nSPS) is 12.1. The van der Waals surface area contributed by atoms with Gasteiger partial charge in [0.1, 0.15) is 0 Å². The first-order valence-corrected chi connectivity index (χ1v) is 8.14. The van der Waals surface area contributed by atoms with Gasteiger partial charge in [-0.2, -0.15) is 0 Å². The smallest absolute Gasteiger partial charge is 0.251 e. The minimum atomic E-state index is -3.35. The van der Waals surface area contributed by atoms with Crippen LogP contribution in [0, 0.1) is 6.92 Å². The van der Waals surface area contributed by atoms with E-state index >= 15 is 0 Å². The van der Waals surface area contributed by atoms with Crippen molar-refractivity contribution in [1.29, 1.82) is 0 Å². The summed E-state index contributed by atoms with van der Waals surface area (Å²) in [6, 6.07) is 5.03. The molecule has 0 aliphatic carbocycles. The molecule has 0 fully saturated rings. The standard InChI is InChI=1S/C14H22N2O3S/c1-10-7-8-11(13(17)15-14(2,3)4)9-12(10)16(5)20(6,18)19/h7-9H,1-6H3,(H,15,17). The second-order valence-electron chi connectivity index (χ2n) is 5.94. The number of hydrogen-bond donors (Lipinski definition) is 1. The number of nitrogens with one attached hydrogen (secondary N) is 1. The average molecular weight is 298 g/mol. The predicted molar refractivity (Wildman–Crippen MR) is 81.6 cm³/mol. The fourth-order valence-electron chi connectivity index (χ4n) is 1.68. The monoisotopic (exact) mass is 298 g/mol. The van der Waals surface area contributed by atoms with Crippen molar-refractivity contribution in [2.75, 3.05) is 17.6 Å². The van der Waals surface area contributed by atoms with Gasteiger partial charge in [0, 0.05) is 18.2 Å². The Balaban J connectivity index is 3.19. The summed E-state index contributed by atoms with van der Waals surface area (Å²) in [5.41, 5.74) is 1.40. The first-order chi connectivity index (χ1) is 8.92. The Bertz CT molecular complexity index is 616. The van der Waals surface area contributed by atoms with Crippen LogP contribution in [0.2, 0.25) is 0 Å². The average Bonchev–Trinajstić information content (AvgIpc) is 2.25. The molecular weight excluding hydrogens is 276 g/mol. The highest BCUT2D eigenvalue weighted by Crippen LogP contribution is 2.22. The maximum atomic E-state index is 12.1. The molecule has 0 radical (unpaired) electrons. The van der Waals surface area contributed by atoms with E-state index in [1.54, 1.807) is 18.2 Å². The molecule has 0 saturated carbocycles. The lowest BCUT2D eigenvalue weighted by Gasteiger charge is -2.22. The topological polar surface area (TPSA) is 66.5 Å². The summed E-state index contributed by atoms with van der Waals surface area (Å²) in [5.74, 6) is -0.222. The number of sulfonamides is 1. The highest BCUT2D eigenvalue weighted by atomic mass is 32.2. The van der Waals surface area contributed by atoms with Crippen LogP contribution < -0.4 is 9.62 Å². The zero-order chi connectivity index (χ0) is 15.7. The molecule has 0 aliphatic heterocycles. The Kier molecular flexibility index (Phi) is 4.49. The zero-order valence-electron chi connectivity index (χ0n) is 12.8. The molecular formula is C14H22N2O3S. The molecule has 0 aromatic heterocycles. The van der Waals surface area contributed by atoms with Gasteiger partial charge in [-0.05, 0) is 45.4 Å². The number of amides is 1. The van der Waals surface area contributed by atoms with Crippen molar-refractivity contribution >= 4 is 21.6 Å². The number of hydrogen-bond acceptors (Lipinski definition) is 3. The minimum Gasteiger partial charge on any atom is -0.347 e. The van der Waals surface area contributed by atoms with E-state index in [4.69, 9.17) is 0 Å². The number of rotatable bonds is 3. The zero-order valence-corrected chi connectivity index (χ0v) is 13.6. The molecule has 1 amide bonds. The lowest BCUT2D eigenvalue weighted by molar-refractivity contribution is 0.0919. The van der Waals surface area contributed by atoms with Gasteiger partial charge in [0.05, 0.1) is 11.9 Å². The van der Waals surface area contributed by atoms with Gasteiger partial charge in [-0.15, -0.1) is 0 Å². The second kappa shape index (κ2) is 5.44. The van der Waals surface area contributed by atoms with Gasteiger partial charge < -0.3 is 5.32 Å². The van der Waals surface area contributed by atoms with E-state index in [2.05, 4.69) is 5.32 Å². The van der Waals surface area contributed by atoms with Crippen LogP contribution >= 0.6 is 0 Å². The van der Waals surface area contributed by atoms with Crippen molar-refractivity contribution in [3.05, 3.63) is 29.3 Å². The van der Waals surface area contributed by atoms with Crippen LogP contribution in [-0.2, 0) is 10.0 Å². The van der Waals surface area contributed by atoms with Crippen molar-refractivity contribution < 1.29 is 13.2 Å². The van der Waals surface area contributed by atoms with Crippen molar-refractivity contribution in [1.82, 2.24) is 5.32 Å². The summed E-state index contributed by atoms with van der Waals surface area (Å²) >= 11 is 0. The molecule has 20 heavy (non-hydrogen) atoms. The van der Waals surface area contributed by atoms with E-state index in [-0.39, 0.29) is 11.4 Å². The van der Waals surface area contributed by atoms with Gasteiger partial charge in [0.15, 0.2) is 0 Å². The predicted octanol–water partition coefficient (Wildman–Crippen LogP) is 1.92. The van der Waals surface area contributed by atoms with E-state index in [0.717, 1.165) is 11.8 Å². The molecule has 0 bridgehead atoms. The molecule has 0 atom stereocenters. The van der Waals surface area contributed by atoms with Crippen molar-refractivity contribution in [3.8, 4) is 0 Å². The molecule has 5 nitrogen and oxygen atoms in total. The molecule has 6 heteroatoms. The molecule has 1 aromatic carbocycles. The van der Waals surface area contributed by atoms with Crippen LogP contribution in [0.25, 0.3) is 0 Å². The first-order valence-electron chi connectivity index (χ1n) is 6.29. The third kappa shape index (κ3) is 4.23. The third-order valence-electron chi connectivity index (χ3n) is 2.80. The summed E-state index contributed by atoms with van der Waals surface area (Å²) in [4.78, 5) is 12.1. The van der Waals surface area contributed by atoms with E-state index in [1.807, 2.05) is 27.7 Å². The van der Waals surface area contributed by atoms with Gasteiger partial charge in [-0.25, -0.2) is 8.42 Å². The van der Waals surface area contributed by atoms with Gasteiger partial charge >= 0.3 is 0 Å². The summed E-state index contributed by atoms with van der Waals surface area (Å²) in [5, 5.41) is 2.85. The van der Waals surface area contributed by atoms with E-state index in [1.165, 1.54) is 11.4 Å². The molecule has 0 heterocycles. The number of carbonyl (C=O) groups excluding carboxylic acids is 1. The summed E-state index contributed by atoms with van der Waals surface area (Å²) in [6.45, 7) is 7.48. The quantitative estimate of drug-likeness (QED) is 0.927. The lowest BCUT2D eigenvalue weighted by atomic mass is 10.1. The highest BCUT2D eigenvalue weighted by molar-refractivity contribution is 7.92. The molecule has 0 aliphatic rings. The van der Waals surface area contributed by atoms with E-state index in [0.29, 0.717) is 11.3 Å². The Morgan fingerprint density at radius 2 is 1.80 bits per heavy atom. The fraction of sp³-hybridized carbons (Fsp3) is 0.500. The maximum absolute atomic E-state index is 12.1. The largest absolute Gasteiger partial charge is 0.347 e. The number of carbonyl (C=O) groups is 1. The molecule has 1 aromatic rings. The fourth-order valence-corrected chi connectivity index (χ4v) is 2.24. The van der Waals surface area contributed by atoms with E-state index in [9.17, 15) is 13.2 Å². The van der Waals surface area contributed by atoms with Crippen molar-refractivity contribution in [3.63, 3.8) is 0 Å². The van der Waals surface area contributed by atoms with Crippen LogP contribution in [-0.4, -0.2) is 33.2 Å². The number of anilines is 1. The van der Waals surface area contributed by atoms with Crippen LogP contribution in [0.5, 0.6) is 0 Å². The van der Waals surface area contributed by atoms with Gasteiger partial charge in [-0.3, -0.25) is 9.10 Å². The molecule has 1 N–H and O–H groups in total.